The molecule has 23 heavy (non-hydrogen) atoms. The lowest BCUT2D eigenvalue weighted by atomic mass is 10.3. The van der Waals surface area contributed by atoms with Gasteiger partial charge in [0.1, 0.15) is 12.4 Å². The highest BCUT2D eigenvalue weighted by molar-refractivity contribution is 6.30. The zero-order valence-electron chi connectivity index (χ0n) is 13.4. The van der Waals surface area contributed by atoms with Crippen molar-refractivity contribution < 1.29 is 9.53 Å². The molecule has 0 radical (unpaired) electrons. The van der Waals surface area contributed by atoms with Crippen LogP contribution in [0.2, 0.25) is 5.02 Å². The summed E-state index contributed by atoms with van der Waals surface area (Å²) in [5.74, 6) is 0.755. The third kappa shape index (κ3) is 5.49. The molecule has 5 heteroatoms. The number of carbonyl (C=O) groups excluding carboxylic acids is 1. The number of anilines is 1. The van der Waals surface area contributed by atoms with Gasteiger partial charge < -0.3 is 14.5 Å². The summed E-state index contributed by atoms with van der Waals surface area (Å²) in [6, 6.07) is 17.1. The van der Waals surface area contributed by atoms with E-state index >= 15 is 0 Å². The van der Waals surface area contributed by atoms with E-state index in [4.69, 9.17) is 16.3 Å². The summed E-state index contributed by atoms with van der Waals surface area (Å²) < 4.78 is 5.61. The Morgan fingerprint density at radius 2 is 1.83 bits per heavy atom. The van der Waals surface area contributed by atoms with E-state index in [-0.39, 0.29) is 5.91 Å². The van der Waals surface area contributed by atoms with Gasteiger partial charge in [-0.2, -0.15) is 0 Å². The lowest BCUT2D eigenvalue weighted by Crippen LogP contribution is -2.38. The van der Waals surface area contributed by atoms with Crippen molar-refractivity contribution >= 4 is 23.2 Å². The molecule has 0 spiro atoms. The SMILES string of the molecule is CN(CCOc1cccc(Cl)c1)C(=O)CN(C)c1ccccc1. The lowest BCUT2D eigenvalue weighted by molar-refractivity contribution is -0.128. The van der Waals surface area contributed by atoms with E-state index < -0.39 is 0 Å². The molecule has 0 N–H and O–H groups in total. The van der Waals surface area contributed by atoms with E-state index in [1.54, 1.807) is 24.1 Å². The molecule has 0 fully saturated rings. The number of benzene rings is 2. The fourth-order valence-corrected chi connectivity index (χ4v) is 2.26. The molecule has 0 aliphatic heterocycles. The van der Waals surface area contributed by atoms with Crippen LogP contribution in [-0.4, -0.2) is 44.6 Å². The zero-order valence-corrected chi connectivity index (χ0v) is 14.2. The molecule has 2 aromatic carbocycles. The number of likely N-dealkylation sites (N-methyl/N-ethyl adjacent to an activating group) is 2. The van der Waals surface area contributed by atoms with E-state index in [1.807, 2.05) is 54.4 Å². The predicted octanol–water partition coefficient (Wildman–Crippen LogP) is 3.31. The largest absolute Gasteiger partial charge is 0.492 e. The Hall–Kier alpha value is -2.20. The van der Waals surface area contributed by atoms with Crippen molar-refractivity contribution in [1.82, 2.24) is 4.90 Å². The lowest BCUT2D eigenvalue weighted by Gasteiger charge is -2.23. The number of amides is 1. The smallest absolute Gasteiger partial charge is 0.241 e. The van der Waals surface area contributed by atoms with Crippen molar-refractivity contribution in [2.24, 2.45) is 0 Å². The highest BCUT2D eigenvalue weighted by Crippen LogP contribution is 2.17. The molecule has 0 heterocycles. The molecule has 0 aliphatic rings. The third-order valence-electron chi connectivity index (χ3n) is 3.49. The number of hydrogen-bond donors (Lipinski definition) is 0. The summed E-state index contributed by atoms with van der Waals surface area (Å²) in [7, 11) is 3.69. The third-order valence-corrected chi connectivity index (χ3v) is 3.72. The second kappa shape index (κ2) is 8.44. The Balaban J connectivity index is 1.76. The first-order valence-corrected chi connectivity index (χ1v) is 7.82. The Morgan fingerprint density at radius 3 is 2.52 bits per heavy atom. The van der Waals surface area contributed by atoms with Crippen molar-refractivity contribution in [3.63, 3.8) is 0 Å². The van der Waals surface area contributed by atoms with Crippen molar-refractivity contribution in [2.45, 2.75) is 0 Å². The molecular weight excluding hydrogens is 312 g/mol. The highest BCUT2D eigenvalue weighted by Gasteiger charge is 2.12. The highest BCUT2D eigenvalue weighted by atomic mass is 35.5. The minimum atomic E-state index is 0.0473. The fraction of sp³-hybridized carbons (Fsp3) is 0.278. The van der Waals surface area contributed by atoms with Gasteiger partial charge in [0.25, 0.3) is 0 Å². The molecule has 0 unspecified atom stereocenters. The van der Waals surface area contributed by atoms with Crippen LogP contribution in [0, 0.1) is 0 Å². The normalized spacial score (nSPS) is 10.2. The zero-order chi connectivity index (χ0) is 16.7. The molecule has 0 aromatic heterocycles. The maximum atomic E-state index is 12.2. The Labute approximate surface area is 142 Å². The van der Waals surface area contributed by atoms with Gasteiger partial charge in [0, 0.05) is 24.8 Å². The minimum absolute atomic E-state index is 0.0473. The van der Waals surface area contributed by atoms with Gasteiger partial charge in [-0.05, 0) is 30.3 Å². The van der Waals surface area contributed by atoms with Gasteiger partial charge in [-0.3, -0.25) is 4.79 Å². The molecule has 2 rings (SSSR count). The van der Waals surface area contributed by atoms with Gasteiger partial charge in [0.15, 0.2) is 0 Å². The molecule has 0 atom stereocenters. The van der Waals surface area contributed by atoms with E-state index in [2.05, 4.69) is 0 Å². The summed E-state index contributed by atoms with van der Waals surface area (Å²) in [6.45, 7) is 1.28. The number of rotatable bonds is 7. The maximum absolute atomic E-state index is 12.2. The molecule has 0 bridgehead atoms. The van der Waals surface area contributed by atoms with Crippen molar-refractivity contribution in [2.75, 3.05) is 38.7 Å². The monoisotopic (exact) mass is 332 g/mol. The summed E-state index contributed by atoms with van der Waals surface area (Å²) in [6.07, 6.45) is 0. The number of nitrogens with zero attached hydrogens (tertiary/aromatic N) is 2. The van der Waals surface area contributed by atoms with E-state index in [0.29, 0.717) is 30.5 Å². The average Bonchev–Trinajstić information content (AvgIpc) is 2.55. The molecule has 0 aliphatic carbocycles. The van der Waals surface area contributed by atoms with Crippen LogP contribution in [0.4, 0.5) is 5.69 Å². The fourth-order valence-electron chi connectivity index (χ4n) is 2.08. The topological polar surface area (TPSA) is 32.8 Å². The molecule has 2 aromatic rings. The van der Waals surface area contributed by atoms with Gasteiger partial charge in [-0.15, -0.1) is 0 Å². The van der Waals surface area contributed by atoms with E-state index in [0.717, 1.165) is 5.69 Å². The van der Waals surface area contributed by atoms with Crippen molar-refractivity contribution in [3.05, 3.63) is 59.6 Å². The van der Waals surface area contributed by atoms with Gasteiger partial charge in [0.2, 0.25) is 5.91 Å². The average molecular weight is 333 g/mol. The molecular formula is C18H21ClN2O2. The first-order valence-electron chi connectivity index (χ1n) is 7.45. The van der Waals surface area contributed by atoms with Crippen LogP contribution in [0.15, 0.2) is 54.6 Å². The van der Waals surface area contributed by atoms with Crippen LogP contribution < -0.4 is 9.64 Å². The van der Waals surface area contributed by atoms with Crippen LogP contribution in [0.5, 0.6) is 5.75 Å². The predicted molar refractivity (Wildman–Crippen MR) is 94.3 cm³/mol. The Kier molecular flexibility index (Phi) is 6.29. The molecule has 122 valence electrons. The van der Waals surface area contributed by atoms with Crippen LogP contribution in [0.25, 0.3) is 0 Å². The number of halogens is 1. The van der Waals surface area contributed by atoms with E-state index in [9.17, 15) is 4.79 Å². The Bertz CT molecular complexity index is 634. The van der Waals surface area contributed by atoms with E-state index in [1.165, 1.54) is 0 Å². The minimum Gasteiger partial charge on any atom is -0.492 e. The summed E-state index contributed by atoms with van der Waals surface area (Å²) in [4.78, 5) is 15.8. The van der Waals surface area contributed by atoms with Gasteiger partial charge in [-0.25, -0.2) is 0 Å². The maximum Gasteiger partial charge on any atom is 0.241 e. The number of carbonyl (C=O) groups is 1. The number of ether oxygens (including phenoxy) is 1. The first-order chi connectivity index (χ1) is 11.1. The van der Waals surface area contributed by atoms with Gasteiger partial charge >= 0.3 is 0 Å². The number of para-hydroxylation sites is 1. The van der Waals surface area contributed by atoms with Crippen LogP contribution >= 0.6 is 11.6 Å². The van der Waals surface area contributed by atoms with Crippen molar-refractivity contribution in [1.29, 1.82) is 0 Å². The molecule has 0 saturated heterocycles. The molecule has 4 nitrogen and oxygen atoms in total. The quantitative estimate of drug-likeness (QED) is 0.779. The van der Waals surface area contributed by atoms with Gasteiger partial charge in [-0.1, -0.05) is 35.9 Å². The van der Waals surface area contributed by atoms with Crippen LogP contribution in [0.1, 0.15) is 0 Å². The summed E-state index contributed by atoms with van der Waals surface area (Å²) in [5.41, 5.74) is 1.02. The van der Waals surface area contributed by atoms with Gasteiger partial charge in [0.05, 0.1) is 13.1 Å². The molecule has 0 saturated carbocycles. The molecule has 1 amide bonds. The van der Waals surface area contributed by atoms with Crippen molar-refractivity contribution in [3.8, 4) is 5.75 Å². The Morgan fingerprint density at radius 1 is 1.09 bits per heavy atom. The van der Waals surface area contributed by atoms with Crippen LogP contribution in [-0.2, 0) is 4.79 Å². The first kappa shape index (κ1) is 17.2. The van der Waals surface area contributed by atoms with Crippen LogP contribution in [0.3, 0.4) is 0 Å². The standard InChI is InChI=1S/C18H21ClN2O2/c1-20(11-12-23-17-10-6-7-15(19)13-17)18(22)14-21(2)16-8-4-3-5-9-16/h3-10,13H,11-12,14H2,1-2H3. The number of hydrogen-bond acceptors (Lipinski definition) is 3. The second-order valence-electron chi connectivity index (χ2n) is 5.31. The summed E-state index contributed by atoms with van der Waals surface area (Å²) >= 11 is 5.90. The second-order valence-corrected chi connectivity index (χ2v) is 5.75. The summed E-state index contributed by atoms with van der Waals surface area (Å²) in [5, 5.41) is 0.636.